The van der Waals surface area contributed by atoms with E-state index in [0.717, 1.165) is 6.42 Å². The Hall–Kier alpha value is -0.900. The summed E-state index contributed by atoms with van der Waals surface area (Å²) in [6.45, 7) is 3.86. The van der Waals surface area contributed by atoms with Crippen LogP contribution in [0.3, 0.4) is 0 Å². The van der Waals surface area contributed by atoms with Crippen LogP contribution in [-0.2, 0) is 19.1 Å². The molecular weight excluding hydrogens is 184 g/mol. The largest absolute Gasteiger partial charge is 0.393 e. The smallest absolute Gasteiger partial charge is 0.323 e. The fraction of sp³-hybridized carbons (Fsp3) is 0.800. The summed E-state index contributed by atoms with van der Waals surface area (Å²) >= 11 is 0. The standard InChI is InChI=1S/C10H14O4/c1-3-7-4-10(6(2)13-7)5-8(11)14-9(10)12/h6-7H,3-5H2,1-2H3. The molecule has 2 fully saturated rings. The summed E-state index contributed by atoms with van der Waals surface area (Å²) in [6.07, 6.45) is 1.56. The van der Waals surface area contributed by atoms with Crippen molar-refractivity contribution >= 4 is 11.9 Å². The zero-order valence-electron chi connectivity index (χ0n) is 8.41. The van der Waals surface area contributed by atoms with Gasteiger partial charge in [-0.2, -0.15) is 0 Å². The van der Waals surface area contributed by atoms with E-state index < -0.39 is 17.4 Å². The Morgan fingerprint density at radius 2 is 2.21 bits per heavy atom. The Labute approximate surface area is 82.6 Å². The fourth-order valence-corrected chi connectivity index (χ4v) is 2.32. The van der Waals surface area contributed by atoms with Gasteiger partial charge in [-0.25, -0.2) is 0 Å². The van der Waals surface area contributed by atoms with Crippen LogP contribution in [0.4, 0.5) is 0 Å². The lowest BCUT2D eigenvalue weighted by molar-refractivity contribution is -0.156. The fourth-order valence-electron chi connectivity index (χ4n) is 2.32. The molecule has 78 valence electrons. The Morgan fingerprint density at radius 1 is 1.50 bits per heavy atom. The summed E-state index contributed by atoms with van der Waals surface area (Å²) in [7, 11) is 0. The van der Waals surface area contributed by atoms with Crippen molar-refractivity contribution < 1.29 is 19.1 Å². The van der Waals surface area contributed by atoms with E-state index in [-0.39, 0.29) is 18.6 Å². The zero-order valence-corrected chi connectivity index (χ0v) is 8.41. The lowest BCUT2D eigenvalue weighted by Gasteiger charge is -2.19. The highest BCUT2D eigenvalue weighted by Crippen LogP contribution is 2.46. The molecule has 2 rings (SSSR count). The van der Waals surface area contributed by atoms with Gasteiger partial charge in [0.1, 0.15) is 5.41 Å². The molecule has 2 saturated heterocycles. The third kappa shape index (κ3) is 1.17. The average molecular weight is 198 g/mol. The van der Waals surface area contributed by atoms with Crippen LogP contribution in [-0.4, -0.2) is 24.1 Å². The summed E-state index contributed by atoms with van der Waals surface area (Å²) in [5.41, 5.74) is -0.683. The van der Waals surface area contributed by atoms with Crippen LogP contribution in [0.25, 0.3) is 0 Å². The first kappa shape index (κ1) is 9.65. The van der Waals surface area contributed by atoms with Gasteiger partial charge in [-0.3, -0.25) is 9.59 Å². The highest BCUT2D eigenvalue weighted by molar-refractivity contribution is 5.98. The van der Waals surface area contributed by atoms with Gasteiger partial charge in [0.15, 0.2) is 0 Å². The predicted octanol–water partition coefficient (Wildman–Crippen LogP) is 1.03. The molecule has 0 N–H and O–H groups in total. The molecule has 0 aliphatic carbocycles. The first-order valence-electron chi connectivity index (χ1n) is 4.99. The number of carbonyl (C=O) groups excluding carboxylic acids is 2. The Morgan fingerprint density at radius 3 is 2.64 bits per heavy atom. The van der Waals surface area contributed by atoms with E-state index in [4.69, 9.17) is 4.74 Å². The zero-order chi connectivity index (χ0) is 10.3. The SMILES string of the molecule is CCC1CC2(CC(=O)OC2=O)C(C)O1. The molecule has 4 nitrogen and oxygen atoms in total. The first-order chi connectivity index (χ1) is 6.58. The van der Waals surface area contributed by atoms with Gasteiger partial charge in [-0.1, -0.05) is 6.92 Å². The van der Waals surface area contributed by atoms with E-state index in [2.05, 4.69) is 4.74 Å². The van der Waals surface area contributed by atoms with Crippen molar-refractivity contribution in [1.82, 2.24) is 0 Å². The van der Waals surface area contributed by atoms with Crippen molar-refractivity contribution in [3.05, 3.63) is 0 Å². The molecule has 0 saturated carbocycles. The number of hydrogen-bond donors (Lipinski definition) is 0. The van der Waals surface area contributed by atoms with Crippen LogP contribution in [0.2, 0.25) is 0 Å². The van der Waals surface area contributed by atoms with Crippen molar-refractivity contribution in [3.63, 3.8) is 0 Å². The molecule has 1 spiro atoms. The Bertz CT molecular complexity index is 286. The van der Waals surface area contributed by atoms with E-state index in [0.29, 0.717) is 6.42 Å². The topological polar surface area (TPSA) is 52.6 Å². The maximum absolute atomic E-state index is 11.6. The Balaban J connectivity index is 2.24. The molecule has 0 amide bonds. The second kappa shape index (κ2) is 3.05. The maximum atomic E-state index is 11.6. The van der Waals surface area contributed by atoms with E-state index in [1.165, 1.54) is 0 Å². The van der Waals surface area contributed by atoms with Gasteiger partial charge < -0.3 is 9.47 Å². The van der Waals surface area contributed by atoms with Crippen molar-refractivity contribution in [2.24, 2.45) is 5.41 Å². The van der Waals surface area contributed by atoms with Crippen molar-refractivity contribution in [2.75, 3.05) is 0 Å². The highest BCUT2D eigenvalue weighted by atomic mass is 16.6. The van der Waals surface area contributed by atoms with Crippen molar-refractivity contribution in [3.8, 4) is 0 Å². The highest BCUT2D eigenvalue weighted by Gasteiger charge is 2.58. The minimum atomic E-state index is -0.683. The van der Waals surface area contributed by atoms with Gasteiger partial charge in [0, 0.05) is 0 Å². The van der Waals surface area contributed by atoms with Gasteiger partial charge in [0.25, 0.3) is 0 Å². The third-order valence-corrected chi connectivity index (χ3v) is 3.29. The van der Waals surface area contributed by atoms with Gasteiger partial charge in [-0.15, -0.1) is 0 Å². The number of rotatable bonds is 1. The first-order valence-corrected chi connectivity index (χ1v) is 4.99. The molecule has 14 heavy (non-hydrogen) atoms. The normalized spacial score (nSPS) is 42.1. The summed E-state index contributed by atoms with van der Waals surface area (Å²) in [4.78, 5) is 22.6. The number of ether oxygens (including phenoxy) is 2. The minimum absolute atomic E-state index is 0.0865. The van der Waals surface area contributed by atoms with Crippen LogP contribution < -0.4 is 0 Å². The Kier molecular flexibility index (Phi) is 2.10. The quantitative estimate of drug-likeness (QED) is 0.466. The molecule has 2 aliphatic rings. The molecule has 0 aromatic rings. The molecule has 0 aromatic carbocycles. The predicted molar refractivity (Wildman–Crippen MR) is 47.4 cm³/mol. The van der Waals surface area contributed by atoms with Gasteiger partial charge in [-0.05, 0) is 19.8 Å². The molecule has 4 heteroatoms. The van der Waals surface area contributed by atoms with Gasteiger partial charge in [0.2, 0.25) is 0 Å². The van der Waals surface area contributed by atoms with E-state index >= 15 is 0 Å². The van der Waals surface area contributed by atoms with E-state index in [1.54, 1.807) is 0 Å². The molecule has 3 atom stereocenters. The second-order valence-electron chi connectivity index (χ2n) is 4.11. The van der Waals surface area contributed by atoms with E-state index in [9.17, 15) is 9.59 Å². The van der Waals surface area contributed by atoms with Crippen LogP contribution in [0.15, 0.2) is 0 Å². The van der Waals surface area contributed by atoms with Gasteiger partial charge >= 0.3 is 11.9 Å². The lowest BCUT2D eigenvalue weighted by atomic mass is 9.79. The average Bonchev–Trinajstić information content (AvgIpc) is 2.57. The molecule has 3 unspecified atom stereocenters. The minimum Gasteiger partial charge on any atom is -0.393 e. The van der Waals surface area contributed by atoms with Crippen LogP contribution in [0.1, 0.15) is 33.1 Å². The number of esters is 2. The van der Waals surface area contributed by atoms with Crippen molar-refractivity contribution in [1.29, 1.82) is 0 Å². The maximum Gasteiger partial charge on any atom is 0.323 e. The van der Waals surface area contributed by atoms with E-state index in [1.807, 2.05) is 13.8 Å². The van der Waals surface area contributed by atoms with Crippen LogP contribution in [0.5, 0.6) is 0 Å². The monoisotopic (exact) mass is 198 g/mol. The molecule has 0 bridgehead atoms. The second-order valence-corrected chi connectivity index (χ2v) is 4.11. The summed E-state index contributed by atoms with van der Waals surface area (Å²) in [5.74, 6) is -0.812. The summed E-state index contributed by atoms with van der Waals surface area (Å²) in [5, 5.41) is 0. The number of hydrogen-bond acceptors (Lipinski definition) is 4. The summed E-state index contributed by atoms with van der Waals surface area (Å²) < 4.78 is 10.2. The molecule has 0 radical (unpaired) electrons. The third-order valence-electron chi connectivity index (χ3n) is 3.29. The van der Waals surface area contributed by atoms with Crippen molar-refractivity contribution in [2.45, 2.75) is 45.3 Å². The van der Waals surface area contributed by atoms with Crippen LogP contribution in [0, 0.1) is 5.41 Å². The summed E-state index contributed by atoms with van der Waals surface area (Å²) in [6, 6.07) is 0. The van der Waals surface area contributed by atoms with Crippen LogP contribution >= 0.6 is 0 Å². The number of carbonyl (C=O) groups is 2. The molecule has 0 aromatic heterocycles. The molecule has 2 aliphatic heterocycles. The number of cyclic esters (lactones) is 2. The molecular formula is C10H14O4. The molecule has 2 heterocycles. The lowest BCUT2D eigenvalue weighted by Crippen LogP contribution is -2.33. The van der Waals surface area contributed by atoms with Gasteiger partial charge in [0.05, 0.1) is 18.6 Å².